The highest BCUT2D eigenvalue weighted by Gasteiger charge is 2.40. The fourth-order valence-corrected chi connectivity index (χ4v) is 3.88. The van der Waals surface area contributed by atoms with Crippen LogP contribution < -0.4 is 0 Å². The smallest absolute Gasteiger partial charge is 0.228 e. The molecule has 2 heterocycles. The topological polar surface area (TPSA) is 40.6 Å². The highest BCUT2D eigenvalue weighted by atomic mass is 32.1. The number of carbonyl (C=O) groups is 2. The summed E-state index contributed by atoms with van der Waals surface area (Å²) in [5.74, 6) is -0.0414. The van der Waals surface area contributed by atoms with Crippen LogP contribution >= 0.6 is 11.3 Å². The first-order valence-corrected chi connectivity index (χ1v) is 8.27. The van der Waals surface area contributed by atoms with Gasteiger partial charge >= 0.3 is 0 Å². The number of thiophene rings is 1. The van der Waals surface area contributed by atoms with Crippen LogP contribution in [0, 0.1) is 5.92 Å². The lowest BCUT2D eigenvalue weighted by molar-refractivity contribution is -0.146. The summed E-state index contributed by atoms with van der Waals surface area (Å²) in [6.45, 7) is 8.42. The third-order valence-corrected chi connectivity index (χ3v) is 4.97. The van der Waals surface area contributed by atoms with Crippen molar-refractivity contribution in [1.82, 2.24) is 9.80 Å². The Morgan fingerprint density at radius 3 is 2.68 bits per heavy atom. The Morgan fingerprint density at radius 2 is 2.14 bits per heavy atom. The second kappa shape index (κ2) is 7.40. The third-order valence-electron chi connectivity index (χ3n) is 4.02. The van der Waals surface area contributed by atoms with Crippen LogP contribution in [0.15, 0.2) is 42.8 Å². The third kappa shape index (κ3) is 3.30. The Hall–Kier alpha value is -1.88. The number of hydrogen-bond acceptors (Lipinski definition) is 3. The minimum Gasteiger partial charge on any atom is -0.337 e. The Morgan fingerprint density at radius 1 is 1.45 bits per heavy atom. The van der Waals surface area contributed by atoms with Gasteiger partial charge < -0.3 is 9.80 Å². The molecular formula is C17H22N2O2S. The van der Waals surface area contributed by atoms with E-state index in [4.69, 9.17) is 0 Å². The Balaban J connectivity index is 2.29. The van der Waals surface area contributed by atoms with Crippen LogP contribution in [0.4, 0.5) is 0 Å². The normalized spacial score (nSPS) is 21.5. The molecule has 0 radical (unpaired) electrons. The van der Waals surface area contributed by atoms with Gasteiger partial charge in [-0.3, -0.25) is 9.59 Å². The van der Waals surface area contributed by atoms with Gasteiger partial charge in [0.15, 0.2) is 0 Å². The Labute approximate surface area is 135 Å². The predicted octanol–water partition coefficient (Wildman–Crippen LogP) is 2.86. The summed E-state index contributed by atoms with van der Waals surface area (Å²) in [7, 11) is 1.79. The van der Waals surface area contributed by atoms with Crippen LogP contribution in [0.5, 0.6) is 0 Å². The van der Waals surface area contributed by atoms with Gasteiger partial charge in [0.2, 0.25) is 11.8 Å². The molecule has 0 spiro atoms. The lowest BCUT2D eigenvalue weighted by Gasteiger charge is -2.39. The molecule has 1 aromatic rings. The summed E-state index contributed by atoms with van der Waals surface area (Å²) in [6, 6.07) is 3.78. The van der Waals surface area contributed by atoms with Crippen molar-refractivity contribution < 1.29 is 9.59 Å². The van der Waals surface area contributed by atoms with Gasteiger partial charge in [0, 0.05) is 31.4 Å². The van der Waals surface area contributed by atoms with E-state index in [9.17, 15) is 9.59 Å². The molecule has 0 bridgehead atoms. The number of hydrogen-bond donors (Lipinski definition) is 0. The second-order valence-electron chi connectivity index (χ2n) is 5.43. The standard InChI is InChI=1S/C17H22N2O2S/c1-4-10-19(11-5-2)17(21)13-8-9-15(20)18(3)16(13)14-7-6-12-22-14/h4-7,12-13,16H,1-2,8-11H2,3H3/t13-,16-/m1/s1. The van der Waals surface area contributed by atoms with E-state index >= 15 is 0 Å². The summed E-state index contributed by atoms with van der Waals surface area (Å²) in [5, 5.41) is 1.98. The molecule has 2 atom stereocenters. The van der Waals surface area contributed by atoms with E-state index in [1.54, 1.807) is 40.3 Å². The monoisotopic (exact) mass is 318 g/mol. The number of nitrogens with zero attached hydrogens (tertiary/aromatic N) is 2. The summed E-state index contributed by atoms with van der Waals surface area (Å²) < 4.78 is 0. The molecule has 0 unspecified atom stereocenters. The molecule has 1 fully saturated rings. The lowest BCUT2D eigenvalue weighted by atomic mass is 9.86. The van der Waals surface area contributed by atoms with Gasteiger partial charge in [-0.2, -0.15) is 0 Å². The minimum absolute atomic E-state index is 0.0672. The highest BCUT2D eigenvalue weighted by molar-refractivity contribution is 7.10. The molecule has 4 nitrogen and oxygen atoms in total. The molecule has 2 amide bonds. The summed E-state index contributed by atoms with van der Waals surface area (Å²) in [6.07, 6.45) is 4.46. The van der Waals surface area contributed by atoms with Crippen molar-refractivity contribution in [1.29, 1.82) is 0 Å². The van der Waals surface area contributed by atoms with E-state index in [0.717, 1.165) is 4.88 Å². The fourth-order valence-electron chi connectivity index (χ4n) is 2.95. The Bertz CT molecular complexity index is 543. The summed E-state index contributed by atoms with van der Waals surface area (Å²) >= 11 is 1.59. The van der Waals surface area contributed by atoms with E-state index in [-0.39, 0.29) is 23.8 Å². The van der Waals surface area contributed by atoms with E-state index in [1.165, 1.54) is 0 Å². The molecule has 22 heavy (non-hydrogen) atoms. The van der Waals surface area contributed by atoms with Gasteiger partial charge in [-0.15, -0.1) is 24.5 Å². The van der Waals surface area contributed by atoms with Crippen LogP contribution in [0.25, 0.3) is 0 Å². The van der Waals surface area contributed by atoms with E-state index in [2.05, 4.69) is 13.2 Å². The van der Waals surface area contributed by atoms with E-state index in [1.807, 2.05) is 17.5 Å². The zero-order chi connectivity index (χ0) is 16.1. The van der Waals surface area contributed by atoms with Gasteiger partial charge in [-0.1, -0.05) is 18.2 Å². The molecule has 1 saturated heterocycles. The van der Waals surface area contributed by atoms with Gasteiger partial charge in [0.1, 0.15) is 0 Å². The molecular weight excluding hydrogens is 296 g/mol. The average molecular weight is 318 g/mol. The van der Waals surface area contributed by atoms with Crippen molar-refractivity contribution in [2.24, 2.45) is 5.92 Å². The number of likely N-dealkylation sites (tertiary alicyclic amines) is 1. The predicted molar refractivity (Wildman–Crippen MR) is 89.5 cm³/mol. The molecule has 2 rings (SSSR count). The van der Waals surface area contributed by atoms with Gasteiger partial charge in [-0.25, -0.2) is 0 Å². The molecule has 118 valence electrons. The molecule has 0 saturated carbocycles. The minimum atomic E-state index is -0.207. The average Bonchev–Trinajstić information content (AvgIpc) is 3.03. The van der Waals surface area contributed by atoms with Crippen LogP contribution in [0.1, 0.15) is 23.8 Å². The fraction of sp³-hybridized carbons (Fsp3) is 0.412. The van der Waals surface area contributed by atoms with Crippen molar-refractivity contribution in [3.63, 3.8) is 0 Å². The van der Waals surface area contributed by atoms with Crippen molar-refractivity contribution in [3.05, 3.63) is 47.7 Å². The first kappa shape index (κ1) is 16.5. The van der Waals surface area contributed by atoms with Crippen molar-refractivity contribution in [3.8, 4) is 0 Å². The van der Waals surface area contributed by atoms with E-state index in [0.29, 0.717) is 25.9 Å². The quantitative estimate of drug-likeness (QED) is 0.757. The molecule has 1 aliphatic rings. The largest absolute Gasteiger partial charge is 0.337 e. The summed E-state index contributed by atoms with van der Waals surface area (Å²) in [4.78, 5) is 29.5. The maximum absolute atomic E-state index is 12.9. The van der Waals surface area contributed by atoms with Crippen LogP contribution in [-0.4, -0.2) is 41.8 Å². The lowest BCUT2D eigenvalue weighted by Crippen LogP contribution is -2.47. The zero-order valence-electron chi connectivity index (χ0n) is 12.9. The first-order chi connectivity index (χ1) is 10.6. The SMILES string of the molecule is C=CCN(CC=C)C(=O)[C@@H]1CCC(=O)N(C)[C@H]1c1cccs1. The highest BCUT2D eigenvalue weighted by Crippen LogP contribution is 2.38. The van der Waals surface area contributed by atoms with Gasteiger partial charge in [-0.05, 0) is 17.9 Å². The Kier molecular flexibility index (Phi) is 5.55. The number of rotatable bonds is 6. The van der Waals surface area contributed by atoms with Crippen molar-refractivity contribution in [2.75, 3.05) is 20.1 Å². The molecule has 1 aromatic heterocycles. The van der Waals surface area contributed by atoms with Crippen LogP contribution in [0.3, 0.4) is 0 Å². The van der Waals surface area contributed by atoms with Gasteiger partial charge in [0.25, 0.3) is 0 Å². The molecule has 0 aliphatic carbocycles. The van der Waals surface area contributed by atoms with Crippen molar-refractivity contribution >= 4 is 23.2 Å². The van der Waals surface area contributed by atoms with Crippen molar-refractivity contribution in [2.45, 2.75) is 18.9 Å². The van der Waals surface area contributed by atoms with Gasteiger partial charge in [0.05, 0.1) is 12.0 Å². The van der Waals surface area contributed by atoms with E-state index < -0.39 is 0 Å². The molecule has 5 heteroatoms. The summed E-state index contributed by atoms with van der Waals surface area (Å²) in [5.41, 5.74) is 0. The maximum atomic E-state index is 12.9. The number of carbonyl (C=O) groups excluding carboxylic acids is 2. The molecule has 0 aromatic carbocycles. The number of piperidine rings is 1. The molecule has 0 N–H and O–H groups in total. The molecule has 1 aliphatic heterocycles. The maximum Gasteiger partial charge on any atom is 0.228 e. The van der Waals surface area contributed by atoms with Crippen LogP contribution in [-0.2, 0) is 9.59 Å². The van der Waals surface area contributed by atoms with Crippen LogP contribution in [0.2, 0.25) is 0 Å². The second-order valence-corrected chi connectivity index (χ2v) is 6.41. The zero-order valence-corrected chi connectivity index (χ0v) is 13.7. The number of amides is 2. The first-order valence-electron chi connectivity index (χ1n) is 7.39.